The van der Waals surface area contributed by atoms with E-state index >= 15 is 0 Å². The Kier molecular flexibility index (Phi) is 3.49. The molecule has 2 N–H and O–H groups in total. The van der Waals surface area contributed by atoms with Crippen LogP contribution in [0.5, 0.6) is 0 Å². The van der Waals surface area contributed by atoms with Crippen molar-refractivity contribution in [2.75, 3.05) is 13.6 Å². The highest BCUT2D eigenvalue weighted by Gasteiger charge is 2.33. The van der Waals surface area contributed by atoms with Gasteiger partial charge in [-0.15, -0.1) is 0 Å². The Labute approximate surface area is 118 Å². The Morgan fingerprint density at radius 3 is 2.95 bits per heavy atom. The van der Waals surface area contributed by atoms with Gasteiger partial charge in [-0.05, 0) is 37.4 Å². The molecule has 4 nitrogen and oxygen atoms in total. The molecule has 0 spiro atoms. The smallest absolute Gasteiger partial charge is 0.289 e. The number of carbonyl (C=O) groups excluding carboxylic acids is 1. The monoisotopic (exact) mass is 272 g/mol. The predicted octanol–water partition coefficient (Wildman–Crippen LogP) is 2.63. The summed E-state index contributed by atoms with van der Waals surface area (Å²) in [5.74, 6) is 0.774. The van der Waals surface area contributed by atoms with E-state index in [1.807, 2.05) is 42.3 Å². The molecular weight excluding hydrogens is 252 g/mol. The summed E-state index contributed by atoms with van der Waals surface area (Å²) in [6, 6.07) is 9.74. The lowest BCUT2D eigenvalue weighted by atomic mass is 10.0. The second kappa shape index (κ2) is 5.29. The number of hydrogen-bond acceptors (Lipinski definition) is 3. The van der Waals surface area contributed by atoms with Gasteiger partial charge in [0.1, 0.15) is 5.58 Å². The van der Waals surface area contributed by atoms with Crippen molar-refractivity contribution >= 4 is 16.9 Å². The number of nitrogens with two attached hydrogens (primary N) is 1. The van der Waals surface area contributed by atoms with Gasteiger partial charge < -0.3 is 15.1 Å². The van der Waals surface area contributed by atoms with Crippen molar-refractivity contribution in [2.45, 2.75) is 25.3 Å². The highest BCUT2D eigenvalue weighted by molar-refractivity contribution is 5.96. The van der Waals surface area contributed by atoms with Gasteiger partial charge in [0.05, 0.1) is 0 Å². The maximum atomic E-state index is 12.6. The average Bonchev–Trinajstić information content (AvgIpc) is 3.11. The lowest BCUT2D eigenvalue weighted by molar-refractivity contribution is 0.0670. The van der Waals surface area contributed by atoms with Crippen molar-refractivity contribution < 1.29 is 9.21 Å². The number of carbonyl (C=O) groups is 1. The maximum Gasteiger partial charge on any atom is 0.289 e. The fourth-order valence-corrected chi connectivity index (χ4v) is 3.21. The molecule has 2 atom stereocenters. The quantitative estimate of drug-likeness (QED) is 0.934. The second-order valence-corrected chi connectivity index (χ2v) is 5.56. The van der Waals surface area contributed by atoms with Crippen molar-refractivity contribution in [3.05, 3.63) is 36.1 Å². The van der Waals surface area contributed by atoms with Gasteiger partial charge in [-0.1, -0.05) is 24.6 Å². The third-order valence-electron chi connectivity index (χ3n) is 4.38. The highest BCUT2D eigenvalue weighted by Crippen LogP contribution is 2.30. The number of nitrogens with zero attached hydrogens (tertiary/aromatic N) is 1. The van der Waals surface area contributed by atoms with Gasteiger partial charge >= 0.3 is 0 Å². The standard InChI is InChI=1S/C16H20N2O2/c1-18(13-7-4-6-12(13)10-17)16(19)15-9-11-5-2-3-8-14(11)20-15/h2-3,5,8-9,12-13H,4,6-7,10,17H2,1H3. The number of rotatable bonds is 3. The Hall–Kier alpha value is -1.81. The molecule has 2 aromatic rings. The van der Waals surface area contributed by atoms with E-state index in [1.54, 1.807) is 0 Å². The van der Waals surface area contributed by atoms with Crippen LogP contribution in [0.25, 0.3) is 11.0 Å². The Balaban J connectivity index is 1.84. The van der Waals surface area contributed by atoms with Gasteiger partial charge in [0.2, 0.25) is 0 Å². The number of benzene rings is 1. The summed E-state index contributed by atoms with van der Waals surface area (Å²) in [6.07, 6.45) is 3.29. The van der Waals surface area contributed by atoms with E-state index < -0.39 is 0 Å². The van der Waals surface area contributed by atoms with Crippen molar-refractivity contribution in [2.24, 2.45) is 11.7 Å². The lowest BCUT2D eigenvalue weighted by Gasteiger charge is -2.28. The van der Waals surface area contributed by atoms with Crippen LogP contribution >= 0.6 is 0 Å². The largest absolute Gasteiger partial charge is 0.451 e. The summed E-state index contributed by atoms with van der Waals surface area (Å²) in [7, 11) is 1.86. The van der Waals surface area contributed by atoms with Crippen LogP contribution in [0.3, 0.4) is 0 Å². The topological polar surface area (TPSA) is 59.5 Å². The molecule has 1 aromatic carbocycles. The van der Waals surface area contributed by atoms with Crippen LogP contribution in [0.4, 0.5) is 0 Å². The van der Waals surface area contributed by atoms with E-state index in [1.165, 1.54) is 0 Å². The molecule has 0 saturated heterocycles. The molecule has 4 heteroatoms. The first kappa shape index (κ1) is 13.2. The molecule has 2 unspecified atom stereocenters. The lowest BCUT2D eigenvalue weighted by Crippen LogP contribution is -2.41. The summed E-state index contributed by atoms with van der Waals surface area (Å²) in [5, 5.41) is 0.964. The van der Waals surface area contributed by atoms with Crippen LogP contribution in [0, 0.1) is 5.92 Å². The van der Waals surface area contributed by atoms with E-state index in [2.05, 4.69) is 0 Å². The fourth-order valence-electron chi connectivity index (χ4n) is 3.21. The maximum absolute atomic E-state index is 12.6. The van der Waals surface area contributed by atoms with Crippen molar-refractivity contribution in [1.29, 1.82) is 0 Å². The molecule has 0 radical (unpaired) electrons. The van der Waals surface area contributed by atoms with Gasteiger partial charge in [0.25, 0.3) is 5.91 Å². The average molecular weight is 272 g/mol. The fraction of sp³-hybridized carbons (Fsp3) is 0.438. The summed E-state index contributed by atoms with van der Waals surface area (Å²) in [6.45, 7) is 0.641. The second-order valence-electron chi connectivity index (χ2n) is 5.56. The molecule has 0 aliphatic heterocycles. The number of fused-ring (bicyclic) bond motifs is 1. The van der Waals surface area contributed by atoms with Crippen LogP contribution < -0.4 is 5.73 Å². The minimum atomic E-state index is -0.0495. The van der Waals surface area contributed by atoms with E-state index in [9.17, 15) is 4.79 Å². The first-order valence-electron chi connectivity index (χ1n) is 7.16. The van der Waals surface area contributed by atoms with Crippen LogP contribution in [0.15, 0.2) is 34.7 Å². The summed E-state index contributed by atoms with van der Waals surface area (Å²) < 4.78 is 5.66. The predicted molar refractivity (Wildman–Crippen MR) is 78.5 cm³/mol. The molecular formula is C16H20N2O2. The first-order valence-corrected chi connectivity index (χ1v) is 7.16. The van der Waals surface area contributed by atoms with E-state index in [4.69, 9.17) is 10.2 Å². The van der Waals surface area contributed by atoms with Crippen molar-refractivity contribution in [3.8, 4) is 0 Å². The Morgan fingerprint density at radius 2 is 2.20 bits per heavy atom. The molecule has 1 fully saturated rings. The molecule has 106 valence electrons. The van der Waals surface area contributed by atoms with Gasteiger partial charge in [-0.3, -0.25) is 4.79 Å². The molecule has 3 rings (SSSR count). The third kappa shape index (κ3) is 2.20. The van der Waals surface area contributed by atoms with Crippen molar-refractivity contribution in [1.82, 2.24) is 4.90 Å². The normalized spacial score (nSPS) is 22.3. The molecule has 1 amide bonds. The van der Waals surface area contributed by atoms with E-state index in [-0.39, 0.29) is 11.9 Å². The minimum absolute atomic E-state index is 0.0495. The van der Waals surface area contributed by atoms with Crippen LogP contribution in [0.2, 0.25) is 0 Å². The Bertz CT molecular complexity index is 587. The van der Waals surface area contributed by atoms with Crippen LogP contribution in [-0.4, -0.2) is 30.4 Å². The van der Waals surface area contributed by atoms with E-state index in [0.717, 1.165) is 30.2 Å². The number of hydrogen-bond donors (Lipinski definition) is 1. The van der Waals surface area contributed by atoms with Crippen LogP contribution in [0.1, 0.15) is 29.8 Å². The zero-order valence-corrected chi connectivity index (χ0v) is 11.7. The SMILES string of the molecule is CN(C(=O)c1cc2ccccc2o1)C1CCCC1CN. The number of para-hydroxylation sites is 1. The molecule has 1 saturated carbocycles. The first-order chi connectivity index (χ1) is 9.70. The van der Waals surface area contributed by atoms with Gasteiger partial charge in [0.15, 0.2) is 5.76 Å². The highest BCUT2D eigenvalue weighted by atomic mass is 16.3. The molecule has 0 bridgehead atoms. The van der Waals surface area contributed by atoms with E-state index in [0.29, 0.717) is 18.2 Å². The summed E-state index contributed by atoms with van der Waals surface area (Å²) in [4.78, 5) is 14.4. The summed E-state index contributed by atoms with van der Waals surface area (Å²) >= 11 is 0. The Morgan fingerprint density at radius 1 is 1.40 bits per heavy atom. The van der Waals surface area contributed by atoms with Gasteiger partial charge in [-0.2, -0.15) is 0 Å². The molecule has 1 aliphatic carbocycles. The van der Waals surface area contributed by atoms with Crippen LogP contribution in [-0.2, 0) is 0 Å². The zero-order chi connectivity index (χ0) is 14.1. The summed E-state index contributed by atoms with van der Waals surface area (Å²) in [5.41, 5.74) is 6.56. The zero-order valence-electron chi connectivity index (χ0n) is 11.7. The van der Waals surface area contributed by atoms with Crippen molar-refractivity contribution in [3.63, 3.8) is 0 Å². The minimum Gasteiger partial charge on any atom is -0.451 e. The number of amides is 1. The molecule has 1 heterocycles. The molecule has 1 aromatic heterocycles. The van der Waals surface area contributed by atoms with Gasteiger partial charge in [-0.25, -0.2) is 0 Å². The van der Waals surface area contributed by atoms with Gasteiger partial charge in [0, 0.05) is 18.5 Å². The third-order valence-corrected chi connectivity index (χ3v) is 4.38. The number of furan rings is 1. The molecule has 1 aliphatic rings. The molecule has 20 heavy (non-hydrogen) atoms.